The number of aliphatic hydroxyl groups is 3. The molecule has 0 radical (unpaired) electrons. The molecule has 0 bridgehead atoms. The first-order valence-corrected chi connectivity index (χ1v) is 13.7. The van der Waals surface area contributed by atoms with Gasteiger partial charge in [-0.25, -0.2) is 0 Å². The Bertz CT molecular complexity index is 825. The van der Waals surface area contributed by atoms with E-state index in [0.717, 1.165) is 51.4 Å². The Kier molecular flexibility index (Phi) is 4.76. The maximum atomic E-state index is 12.2. The zero-order chi connectivity index (χ0) is 23.8. The van der Waals surface area contributed by atoms with Crippen LogP contribution in [0, 0.1) is 46.3 Å². The molecule has 188 valence electrons. The van der Waals surface area contributed by atoms with Crippen LogP contribution in [-0.4, -0.2) is 50.6 Å². The van der Waals surface area contributed by atoms with E-state index in [1.54, 1.807) is 0 Å². The lowest BCUT2D eigenvalue weighted by atomic mass is 9.43. The molecule has 0 aromatic rings. The molecule has 0 aromatic carbocycles. The van der Waals surface area contributed by atoms with Crippen LogP contribution in [0.5, 0.6) is 0 Å². The highest BCUT2D eigenvalue weighted by Crippen LogP contribution is 2.72. The molecule has 6 rings (SSSR count). The van der Waals surface area contributed by atoms with E-state index < -0.39 is 11.4 Å². The van der Waals surface area contributed by atoms with Crippen molar-refractivity contribution in [3.8, 4) is 0 Å². The fraction of sp³-hybridized carbons (Fsp3) is 1.00. The highest BCUT2D eigenvalue weighted by molar-refractivity contribution is 5.22. The quantitative estimate of drug-likeness (QED) is 0.501. The average Bonchev–Trinajstić information content (AvgIpc) is 3.20. The molecule has 2 heterocycles. The second-order valence-corrected chi connectivity index (χ2v) is 14.4. The summed E-state index contributed by atoms with van der Waals surface area (Å²) >= 11 is 0. The Morgan fingerprint density at radius 2 is 1.61 bits per heavy atom. The lowest BCUT2D eigenvalue weighted by Gasteiger charge is -2.63. The van der Waals surface area contributed by atoms with Gasteiger partial charge < -0.3 is 24.8 Å². The van der Waals surface area contributed by atoms with E-state index in [0.29, 0.717) is 29.6 Å². The first kappa shape index (κ1) is 23.2. The lowest BCUT2D eigenvalue weighted by Crippen LogP contribution is -2.62. The van der Waals surface area contributed by atoms with Crippen molar-refractivity contribution < 1.29 is 24.8 Å². The lowest BCUT2D eigenvalue weighted by molar-refractivity contribution is -0.300. The summed E-state index contributed by atoms with van der Waals surface area (Å²) in [5.41, 5.74) is -1.45. The van der Waals surface area contributed by atoms with Gasteiger partial charge in [-0.15, -0.1) is 0 Å². The van der Waals surface area contributed by atoms with Crippen LogP contribution in [0.3, 0.4) is 0 Å². The molecule has 2 aliphatic heterocycles. The summed E-state index contributed by atoms with van der Waals surface area (Å²) in [5.74, 6) is 1.08. The van der Waals surface area contributed by atoms with E-state index in [4.69, 9.17) is 9.47 Å². The first-order valence-electron chi connectivity index (χ1n) is 13.7. The number of fused-ring (bicyclic) bond motifs is 7. The minimum absolute atomic E-state index is 0.0132. The standard InChI is InChI=1S/C28H46O5/c1-15-13-28(33-24(15,2)3)27(6,31)23-21(32-28)12-19-18-8-7-16-11-17(29)9-10-25(16,4)22(18)20(30)14-26(19,23)5/h15-23,29-31H,7-14H2,1-6H3/t15-,16?,17+,18?,19?,20-,21?,22?,23?,25?,26?,27+,28-/m0/s1. The van der Waals surface area contributed by atoms with Gasteiger partial charge in [-0.1, -0.05) is 20.8 Å². The predicted molar refractivity (Wildman–Crippen MR) is 125 cm³/mol. The maximum Gasteiger partial charge on any atom is 0.198 e. The van der Waals surface area contributed by atoms with Gasteiger partial charge in [0.15, 0.2) is 5.79 Å². The predicted octanol–water partition coefficient (Wildman–Crippen LogP) is 4.27. The number of hydrogen-bond donors (Lipinski definition) is 3. The number of rotatable bonds is 0. The fourth-order valence-electron chi connectivity index (χ4n) is 10.7. The van der Waals surface area contributed by atoms with Crippen LogP contribution in [0.1, 0.15) is 92.9 Å². The van der Waals surface area contributed by atoms with Crippen LogP contribution in [0.25, 0.3) is 0 Å². The van der Waals surface area contributed by atoms with Gasteiger partial charge in [0.1, 0.15) is 5.60 Å². The Balaban J connectivity index is 1.34. The molecule has 0 amide bonds. The van der Waals surface area contributed by atoms with Crippen LogP contribution in [-0.2, 0) is 9.47 Å². The smallest absolute Gasteiger partial charge is 0.198 e. The van der Waals surface area contributed by atoms with Crippen molar-refractivity contribution in [2.45, 2.75) is 128 Å². The summed E-state index contributed by atoms with van der Waals surface area (Å²) in [4.78, 5) is 0. The highest BCUT2D eigenvalue weighted by Gasteiger charge is 2.77. The third-order valence-electron chi connectivity index (χ3n) is 12.5. The molecule has 6 aliphatic rings. The van der Waals surface area contributed by atoms with Crippen molar-refractivity contribution >= 4 is 0 Å². The van der Waals surface area contributed by atoms with Gasteiger partial charge in [0.2, 0.25) is 0 Å². The van der Waals surface area contributed by atoms with Gasteiger partial charge in [-0.05, 0) is 106 Å². The molecule has 5 heteroatoms. The van der Waals surface area contributed by atoms with Gasteiger partial charge in [-0.3, -0.25) is 0 Å². The Hall–Kier alpha value is -0.200. The summed E-state index contributed by atoms with van der Waals surface area (Å²) in [7, 11) is 0. The molecule has 8 unspecified atom stereocenters. The number of ether oxygens (including phenoxy) is 2. The molecule has 4 aliphatic carbocycles. The van der Waals surface area contributed by atoms with Crippen molar-refractivity contribution in [2.24, 2.45) is 46.3 Å². The van der Waals surface area contributed by atoms with E-state index in [9.17, 15) is 15.3 Å². The number of aliphatic hydroxyl groups excluding tert-OH is 2. The zero-order valence-electron chi connectivity index (χ0n) is 21.5. The normalized spacial score (nSPS) is 63.7. The Morgan fingerprint density at radius 1 is 0.879 bits per heavy atom. The van der Waals surface area contributed by atoms with Gasteiger partial charge in [0.25, 0.3) is 0 Å². The summed E-state index contributed by atoms with van der Waals surface area (Å²) in [5, 5.41) is 34.2. The van der Waals surface area contributed by atoms with E-state index >= 15 is 0 Å². The van der Waals surface area contributed by atoms with Gasteiger partial charge in [0, 0.05) is 12.3 Å². The van der Waals surface area contributed by atoms with Crippen LogP contribution in [0.4, 0.5) is 0 Å². The van der Waals surface area contributed by atoms with Gasteiger partial charge in [0.05, 0.1) is 23.9 Å². The number of hydrogen-bond acceptors (Lipinski definition) is 5. The third-order valence-corrected chi connectivity index (χ3v) is 12.5. The van der Waals surface area contributed by atoms with Crippen molar-refractivity contribution in [1.82, 2.24) is 0 Å². The average molecular weight is 463 g/mol. The van der Waals surface area contributed by atoms with E-state index in [1.165, 1.54) is 0 Å². The molecule has 3 N–H and O–H groups in total. The van der Waals surface area contributed by atoms with Gasteiger partial charge >= 0.3 is 0 Å². The molecule has 5 nitrogen and oxygen atoms in total. The Morgan fingerprint density at radius 3 is 2.27 bits per heavy atom. The summed E-state index contributed by atoms with van der Waals surface area (Å²) in [6.45, 7) is 13.1. The fourth-order valence-corrected chi connectivity index (χ4v) is 10.7. The minimum atomic E-state index is -1.08. The molecule has 13 atom stereocenters. The van der Waals surface area contributed by atoms with E-state index in [1.807, 2.05) is 6.92 Å². The Labute approximate surface area is 199 Å². The minimum Gasteiger partial charge on any atom is -0.393 e. The first-order chi connectivity index (χ1) is 15.3. The molecule has 2 saturated heterocycles. The molecule has 33 heavy (non-hydrogen) atoms. The summed E-state index contributed by atoms with van der Waals surface area (Å²) < 4.78 is 13.3. The van der Waals surface area contributed by atoms with E-state index in [-0.39, 0.29) is 40.7 Å². The molecule has 4 saturated carbocycles. The molecular formula is C28H46O5. The van der Waals surface area contributed by atoms with Crippen LogP contribution in [0.2, 0.25) is 0 Å². The van der Waals surface area contributed by atoms with Crippen LogP contribution >= 0.6 is 0 Å². The second-order valence-electron chi connectivity index (χ2n) is 14.4. The highest BCUT2D eigenvalue weighted by atomic mass is 16.7. The topological polar surface area (TPSA) is 79.2 Å². The van der Waals surface area contributed by atoms with Crippen LogP contribution in [0.15, 0.2) is 0 Å². The molecule has 1 spiro atoms. The van der Waals surface area contributed by atoms with Crippen molar-refractivity contribution in [3.63, 3.8) is 0 Å². The summed E-state index contributed by atoms with van der Waals surface area (Å²) in [6, 6.07) is 0. The largest absolute Gasteiger partial charge is 0.393 e. The maximum absolute atomic E-state index is 12.2. The molecule has 6 fully saturated rings. The SMILES string of the molecule is C[C@H]1C[C@]2(OC3CC4C5CCC6C[C@H](O)CCC6(C)C5[C@@H](O)CC4(C)C3[C@@]2(C)O)OC1(C)C. The van der Waals surface area contributed by atoms with E-state index in [2.05, 4.69) is 34.6 Å². The van der Waals surface area contributed by atoms with Crippen LogP contribution < -0.4 is 0 Å². The molecule has 0 aromatic heterocycles. The van der Waals surface area contributed by atoms with Crippen molar-refractivity contribution in [2.75, 3.05) is 0 Å². The second kappa shape index (κ2) is 6.76. The monoisotopic (exact) mass is 462 g/mol. The van der Waals surface area contributed by atoms with Crippen molar-refractivity contribution in [3.05, 3.63) is 0 Å². The van der Waals surface area contributed by atoms with Crippen molar-refractivity contribution in [1.29, 1.82) is 0 Å². The summed E-state index contributed by atoms with van der Waals surface area (Å²) in [6.07, 6.45) is 6.94. The molecular weight excluding hydrogens is 416 g/mol. The zero-order valence-corrected chi connectivity index (χ0v) is 21.5. The third kappa shape index (κ3) is 2.78. The van der Waals surface area contributed by atoms with Gasteiger partial charge in [-0.2, -0.15) is 0 Å².